The Morgan fingerprint density at radius 3 is 3.15 bits per heavy atom. The molecule has 1 amide bonds. The molecule has 6 heteroatoms. The minimum absolute atomic E-state index is 0.0377. The number of nitrogens with zero attached hydrogens (tertiary/aromatic N) is 2. The van der Waals surface area contributed by atoms with Gasteiger partial charge in [0, 0.05) is 12.6 Å². The van der Waals surface area contributed by atoms with Crippen LogP contribution in [0, 0.1) is 0 Å². The maximum atomic E-state index is 12.4. The van der Waals surface area contributed by atoms with Gasteiger partial charge in [0.2, 0.25) is 5.89 Å². The highest BCUT2D eigenvalue weighted by molar-refractivity contribution is 7.98. The molecule has 1 aliphatic heterocycles. The zero-order valence-corrected chi connectivity index (χ0v) is 13.0. The molecule has 2 rings (SSSR count). The minimum atomic E-state index is -0.234. The van der Waals surface area contributed by atoms with Crippen LogP contribution in [0.15, 0.2) is 10.7 Å². The Balaban J connectivity index is 2.02. The molecule has 1 aromatic heterocycles. The molecule has 2 heterocycles. The zero-order valence-electron chi connectivity index (χ0n) is 12.2. The molecular formula is C14H23N3O2S. The van der Waals surface area contributed by atoms with Crippen molar-refractivity contribution in [3.05, 3.63) is 17.8 Å². The molecule has 112 valence electrons. The number of carbonyl (C=O) groups excluding carboxylic acids is 1. The fraction of sp³-hybridized carbons (Fsp3) is 0.714. The molecule has 0 aliphatic carbocycles. The second kappa shape index (κ2) is 7.13. The van der Waals surface area contributed by atoms with E-state index in [0.29, 0.717) is 11.6 Å². The normalized spacial score (nSPS) is 20.9. The molecule has 5 nitrogen and oxygen atoms in total. The summed E-state index contributed by atoms with van der Waals surface area (Å²) in [6.45, 7) is 2.89. The zero-order chi connectivity index (χ0) is 14.5. The number of rotatable bonds is 5. The average molecular weight is 297 g/mol. The van der Waals surface area contributed by atoms with E-state index in [2.05, 4.69) is 11.9 Å². The number of hydrogen-bond acceptors (Lipinski definition) is 5. The minimum Gasteiger partial charge on any atom is -0.446 e. The van der Waals surface area contributed by atoms with Gasteiger partial charge in [-0.15, -0.1) is 0 Å². The number of aromatic nitrogens is 1. The molecule has 1 aliphatic rings. The van der Waals surface area contributed by atoms with Gasteiger partial charge in [-0.2, -0.15) is 11.8 Å². The van der Waals surface area contributed by atoms with Crippen LogP contribution in [0.1, 0.15) is 55.0 Å². The van der Waals surface area contributed by atoms with Gasteiger partial charge in [0.25, 0.3) is 5.91 Å². The van der Waals surface area contributed by atoms with Crippen molar-refractivity contribution in [3.8, 4) is 0 Å². The Morgan fingerprint density at radius 1 is 1.65 bits per heavy atom. The van der Waals surface area contributed by atoms with Crippen LogP contribution in [0.25, 0.3) is 0 Å². The molecule has 0 bridgehead atoms. The Bertz CT molecular complexity index is 449. The summed E-state index contributed by atoms with van der Waals surface area (Å²) >= 11 is 1.74. The second-order valence-corrected chi connectivity index (χ2v) is 6.29. The summed E-state index contributed by atoms with van der Waals surface area (Å²) in [5.41, 5.74) is 6.39. The highest BCUT2D eigenvalue weighted by Gasteiger charge is 2.27. The highest BCUT2D eigenvalue weighted by atomic mass is 32.2. The lowest BCUT2D eigenvalue weighted by Gasteiger charge is -2.32. The third-order valence-corrected chi connectivity index (χ3v) is 4.40. The van der Waals surface area contributed by atoms with E-state index in [1.54, 1.807) is 11.8 Å². The number of amides is 1. The van der Waals surface area contributed by atoms with E-state index in [4.69, 9.17) is 10.2 Å². The van der Waals surface area contributed by atoms with Gasteiger partial charge in [-0.3, -0.25) is 4.79 Å². The first-order valence-electron chi connectivity index (χ1n) is 7.14. The van der Waals surface area contributed by atoms with Gasteiger partial charge in [-0.25, -0.2) is 4.98 Å². The summed E-state index contributed by atoms with van der Waals surface area (Å²) in [7, 11) is 0. The van der Waals surface area contributed by atoms with Gasteiger partial charge < -0.3 is 15.1 Å². The van der Waals surface area contributed by atoms with Crippen LogP contribution in [0.2, 0.25) is 0 Å². The molecule has 0 spiro atoms. The number of oxazole rings is 1. The van der Waals surface area contributed by atoms with E-state index in [1.165, 1.54) is 12.7 Å². The SMILES string of the molecule is CSCCC(N)c1nc(C(=O)N2CCCCC2C)co1. The van der Waals surface area contributed by atoms with Gasteiger partial charge >= 0.3 is 0 Å². The van der Waals surface area contributed by atoms with Crippen molar-refractivity contribution in [2.24, 2.45) is 5.73 Å². The monoisotopic (exact) mass is 297 g/mol. The Labute approximate surface area is 124 Å². The first-order chi connectivity index (χ1) is 9.63. The maximum absolute atomic E-state index is 12.4. The standard InChI is InChI=1S/C14H23N3O2S/c1-10-5-3-4-7-17(10)14(18)12-9-19-13(16-12)11(15)6-8-20-2/h9-11H,3-8,15H2,1-2H3. The van der Waals surface area contributed by atoms with E-state index in [9.17, 15) is 4.79 Å². The summed E-state index contributed by atoms with van der Waals surface area (Å²) in [5.74, 6) is 1.38. The summed E-state index contributed by atoms with van der Waals surface area (Å²) in [5, 5.41) is 0. The fourth-order valence-electron chi connectivity index (χ4n) is 2.47. The first-order valence-corrected chi connectivity index (χ1v) is 8.53. The Morgan fingerprint density at radius 2 is 2.45 bits per heavy atom. The van der Waals surface area contributed by atoms with Crippen LogP contribution < -0.4 is 5.73 Å². The molecule has 2 N–H and O–H groups in total. The third-order valence-electron chi connectivity index (χ3n) is 3.76. The number of hydrogen-bond donors (Lipinski definition) is 1. The molecule has 20 heavy (non-hydrogen) atoms. The lowest BCUT2D eigenvalue weighted by molar-refractivity contribution is 0.0629. The fourth-order valence-corrected chi connectivity index (χ4v) is 2.96. The molecule has 2 atom stereocenters. The topological polar surface area (TPSA) is 72.4 Å². The van der Waals surface area contributed by atoms with Crippen LogP contribution in [-0.4, -0.2) is 40.4 Å². The Kier molecular flexibility index (Phi) is 5.48. The summed E-state index contributed by atoms with van der Waals surface area (Å²) in [6, 6.07) is 0.0457. The number of likely N-dealkylation sites (tertiary alicyclic amines) is 1. The van der Waals surface area contributed by atoms with E-state index < -0.39 is 0 Å². The van der Waals surface area contributed by atoms with E-state index in [1.807, 2.05) is 11.2 Å². The van der Waals surface area contributed by atoms with Crippen LogP contribution in [-0.2, 0) is 0 Å². The molecule has 1 saturated heterocycles. The van der Waals surface area contributed by atoms with E-state index in [-0.39, 0.29) is 18.0 Å². The van der Waals surface area contributed by atoms with Crippen molar-refractivity contribution >= 4 is 17.7 Å². The quantitative estimate of drug-likeness (QED) is 0.903. The van der Waals surface area contributed by atoms with Crippen molar-refractivity contribution in [3.63, 3.8) is 0 Å². The van der Waals surface area contributed by atoms with Crippen molar-refractivity contribution < 1.29 is 9.21 Å². The van der Waals surface area contributed by atoms with Gasteiger partial charge in [-0.1, -0.05) is 0 Å². The van der Waals surface area contributed by atoms with Crippen LogP contribution >= 0.6 is 11.8 Å². The Hall–Kier alpha value is -1.01. The average Bonchev–Trinajstić information content (AvgIpc) is 2.94. The number of carbonyl (C=O) groups is 1. The summed E-state index contributed by atoms with van der Waals surface area (Å²) in [4.78, 5) is 18.6. The second-order valence-electron chi connectivity index (χ2n) is 5.30. The molecule has 0 aromatic carbocycles. The number of nitrogens with two attached hydrogens (primary N) is 1. The smallest absolute Gasteiger partial charge is 0.276 e. The molecule has 2 unspecified atom stereocenters. The molecule has 0 radical (unpaired) electrons. The van der Waals surface area contributed by atoms with Crippen LogP contribution in [0.4, 0.5) is 0 Å². The van der Waals surface area contributed by atoms with E-state index in [0.717, 1.165) is 31.6 Å². The predicted molar refractivity (Wildman–Crippen MR) is 80.8 cm³/mol. The maximum Gasteiger partial charge on any atom is 0.276 e. The van der Waals surface area contributed by atoms with Gasteiger partial charge in [-0.05, 0) is 44.6 Å². The first kappa shape index (κ1) is 15.4. The summed E-state index contributed by atoms with van der Waals surface area (Å²) < 4.78 is 5.38. The van der Waals surface area contributed by atoms with Crippen molar-refractivity contribution in [1.29, 1.82) is 0 Å². The largest absolute Gasteiger partial charge is 0.446 e. The highest BCUT2D eigenvalue weighted by Crippen LogP contribution is 2.21. The van der Waals surface area contributed by atoms with Crippen LogP contribution in [0.3, 0.4) is 0 Å². The van der Waals surface area contributed by atoms with E-state index >= 15 is 0 Å². The molecule has 0 saturated carbocycles. The summed E-state index contributed by atoms with van der Waals surface area (Å²) in [6.07, 6.45) is 7.59. The van der Waals surface area contributed by atoms with Gasteiger partial charge in [0.15, 0.2) is 5.69 Å². The van der Waals surface area contributed by atoms with Crippen molar-refractivity contribution in [2.45, 2.75) is 44.7 Å². The molecule has 1 fully saturated rings. The predicted octanol–water partition coefficient (Wildman–Crippen LogP) is 2.44. The van der Waals surface area contributed by atoms with Gasteiger partial charge in [0.1, 0.15) is 6.26 Å². The molecular weight excluding hydrogens is 274 g/mol. The lowest BCUT2D eigenvalue weighted by Crippen LogP contribution is -2.42. The third kappa shape index (κ3) is 3.55. The van der Waals surface area contributed by atoms with Gasteiger partial charge in [0.05, 0.1) is 6.04 Å². The number of thioether (sulfide) groups is 1. The van der Waals surface area contributed by atoms with Crippen molar-refractivity contribution in [1.82, 2.24) is 9.88 Å². The molecule has 1 aromatic rings. The number of piperidine rings is 1. The van der Waals surface area contributed by atoms with Crippen LogP contribution in [0.5, 0.6) is 0 Å². The lowest BCUT2D eigenvalue weighted by atomic mass is 10.0. The van der Waals surface area contributed by atoms with Crippen molar-refractivity contribution in [2.75, 3.05) is 18.6 Å².